The van der Waals surface area contributed by atoms with Crippen molar-refractivity contribution in [1.82, 2.24) is 19.8 Å². The van der Waals surface area contributed by atoms with Crippen molar-refractivity contribution >= 4 is 28.1 Å². The lowest BCUT2D eigenvalue weighted by molar-refractivity contribution is -0.117. The van der Waals surface area contributed by atoms with Crippen LogP contribution in [0.15, 0.2) is 30.6 Å². The van der Waals surface area contributed by atoms with Crippen LogP contribution in [0.4, 0.5) is 14.6 Å². The number of alkyl halides is 1. The Kier molecular flexibility index (Phi) is 4.58. The summed E-state index contributed by atoms with van der Waals surface area (Å²) in [6.07, 6.45) is 2.46. The highest BCUT2D eigenvalue weighted by molar-refractivity contribution is 6.00. The van der Waals surface area contributed by atoms with E-state index in [0.717, 1.165) is 5.56 Å². The highest BCUT2D eigenvalue weighted by atomic mass is 19.1. The average molecular weight is 427 g/mol. The molecule has 0 bridgehead atoms. The van der Waals surface area contributed by atoms with E-state index in [-0.39, 0.29) is 31.3 Å². The molecule has 1 saturated carbocycles. The van der Waals surface area contributed by atoms with Gasteiger partial charge in [-0.2, -0.15) is 10.2 Å². The number of carbonyl (C=O) groups is 1. The number of anilines is 1. The maximum absolute atomic E-state index is 15.1. The molecular formula is C21H19F2N5O3. The normalized spacial score (nSPS) is 17.9. The number of aliphatic hydroxyl groups is 1. The standard InChI is InChI=1S/C21H19F2N5O3/c1-10-17(14-9-24-26-19(14)20(18(10)23)31-5-4-29)11-2-3-28-12(6-11)7-16(27-28)25-21(30)13-8-15(13)22/h2-3,6-7,9,13,15,29H,4-5,8H2,1H3,(H,24,26)(H,25,27,30)/t13-,15+/m1/s1. The molecule has 1 aromatic carbocycles. The number of pyridine rings is 1. The van der Waals surface area contributed by atoms with Gasteiger partial charge in [0.15, 0.2) is 17.4 Å². The second kappa shape index (κ2) is 7.31. The minimum absolute atomic E-state index is 0.0180. The minimum Gasteiger partial charge on any atom is -0.486 e. The average Bonchev–Trinajstić information content (AvgIpc) is 3.12. The van der Waals surface area contributed by atoms with Crippen molar-refractivity contribution in [3.8, 4) is 16.9 Å². The van der Waals surface area contributed by atoms with E-state index in [0.29, 0.717) is 33.4 Å². The van der Waals surface area contributed by atoms with E-state index in [1.54, 1.807) is 36.0 Å². The van der Waals surface area contributed by atoms with Crippen LogP contribution in [0, 0.1) is 18.7 Å². The lowest BCUT2D eigenvalue weighted by Crippen LogP contribution is -2.15. The van der Waals surface area contributed by atoms with Gasteiger partial charge in [-0.1, -0.05) is 0 Å². The first-order chi connectivity index (χ1) is 15.0. The maximum Gasteiger partial charge on any atom is 0.231 e. The fraction of sp³-hybridized carbons (Fsp3) is 0.286. The van der Waals surface area contributed by atoms with Crippen LogP contribution in [0.1, 0.15) is 12.0 Å². The predicted molar refractivity (Wildman–Crippen MR) is 109 cm³/mol. The second-order valence-electron chi connectivity index (χ2n) is 7.54. The van der Waals surface area contributed by atoms with Crippen LogP contribution in [-0.4, -0.2) is 50.2 Å². The van der Waals surface area contributed by atoms with Gasteiger partial charge in [-0.25, -0.2) is 13.3 Å². The largest absolute Gasteiger partial charge is 0.486 e. The number of halogens is 2. The molecule has 3 aromatic heterocycles. The van der Waals surface area contributed by atoms with Crippen LogP contribution in [0.25, 0.3) is 27.5 Å². The highest BCUT2D eigenvalue weighted by Crippen LogP contribution is 2.39. The number of H-pyrrole nitrogens is 1. The van der Waals surface area contributed by atoms with Crippen LogP contribution in [0.5, 0.6) is 5.75 Å². The van der Waals surface area contributed by atoms with E-state index in [2.05, 4.69) is 20.6 Å². The molecule has 8 nitrogen and oxygen atoms in total. The van der Waals surface area contributed by atoms with Crippen LogP contribution >= 0.6 is 0 Å². The fourth-order valence-corrected chi connectivity index (χ4v) is 3.76. The smallest absolute Gasteiger partial charge is 0.231 e. The summed E-state index contributed by atoms with van der Waals surface area (Å²) in [7, 11) is 0. The molecule has 3 N–H and O–H groups in total. The van der Waals surface area contributed by atoms with Gasteiger partial charge < -0.3 is 15.2 Å². The van der Waals surface area contributed by atoms with Crippen molar-refractivity contribution in [2.45, 2.75) is 19.5 Å². The first kappa shape index (κ1) is 19.4. The number of hydrogen-bond donors (Lipinski definition) is 3. The third-order valence-electron chi connectivity index (χ3n) is 5.43. The molecule has 1 aliphatic carbocycles. The van der Waals surface area contributed by atoms with Gasteiger partial charge in [-0.15, -0.1) is 0 Å². The monoisotopic (exact) mass is 427 g/mol. The lowest BCUT2D eigenvalue weighted by Gasteiger charge is -2.14. The quantitative estimate of drug-likeness (QED) is 0.439. The molecule has 1 aliphatic rings. The van der Waals surface area contributed by atoms with Crippen molar-refractivity contribution in [2.24, 2.45) is 5.92 Å². The van der Waals surface area contributed by atoms with Crippen molar-refractivity contribution in [3.63, 3.8) is 0 Å². The van der Waals surface area contributed by atoms with Crippen LogP contribution in [0.3, 0.4) is 0 Å². The predicted octanol–water partition coefficient (Wildman–Crippen LogP) is 2.99. The molecule has 2 atom stereocenters. The summed E-state index contributed by atoms with van der Waals surface area (Å²) < 4.78 is 35.2. The Bertz CT molecular complexity index is 1320. The van der Waals surface area contributed by atoms with Crippen molar-refractivity contribution in [3.05, 3.63) is 42.0 Å². The number of aromatic nitrogens is 4. The Morgan fingerprint density at radius 3 is 3.00 bits per heavy atom. The number of rotatable bonds is 6. The van der Waals surface area contributed by atoms with E-state index in [1.807, 2.05) is 6.07 Å². The summed E-state index contributed by atoms with van der Waals surface area (Å²) >= 11 is 0. The molecule has 1 amide bonds. The number of amides is 1. The number of benzene rings is 1. The molecule has 0 saturated heterocycles. The molecule has 31 heavy (non-hydrogen) atoms. The topological polar surface area (TPSA) is 105 Å². The van der Waals surface area contributed by atoms with E-state index in [1.165, 1.54) is 0 Å². The fourth-order valence-electron chi connectivity index (χ4n) is 3.76. The molecule has 0 aliphatic heterocycles. The molecule has 0 radical (unpaired) electrons. The van der Waals surface area contributed by atoms with E-state index in [9.17, 15) is 9.18 Å². The molecule has 0 unspecified atom stereocenters. The zero-order valence-corrected chi connectivity index (χ0v) is 16.5. The highest BCUT2D eigenvalue weighted by Gasteiger charge is 2.43. The molecule has 5 rings (SSSR count). The summed E-state index contributed by atoms with van der Waals surface area (Å²) in [6.45, 7) is 1.38. The summed E-state index contributed by atoms with van der Waals surface area (Å²) in [5.74, 6) is -1.18. The Balaban J connectivity index is 1.55. The van der Waals surface area contributed by atoms with Gasteiger partial charge in [0, 0.05) is 17.6 Å². The van der Waals surface area contributed by atoms with Gasteiger partial charge in [0.05, 0.1) is 24.2 Å². The number of fused-ring (bicyclic) bond motifs is 2. The summed E-state index contributed by atoms with van der Waals surface area (Å²) in [6, 6.07) is 5.28. The Labute approximate surface area is 174 Å². The van der Waals surface area contributed by atoms with Gasteiger partial charge in [0.2, 0.25) is 5.91 Å². The number of nitrogens with zero attached hydrogens (tertiary/aromatic N) is 3. The lowest BCUT2D eigenvalue weighted by atomic mass is 9.96. The first-order valence-corrected chi connectivity index (χ1v) is 9.81. The Hall–Kier alpha value is -3.53. The van der Waals surface area contributed by atoms with Gasteiger partial charge in [0.25, 0.3) is 0 Å². The SMILES string of the molecule is Cc1c(F)c(OCCO)c2[nH]ncc2c1-c1ccn2nc(NC(=O)[C@@H]3C[C@@H]3F)cc2c1. The molecule has 4 aromatic rings. The van der Waals surface area contributed by atoms with E-state index >= 15 is 4.39 Å². The molecular weight excluding hydrogens is 408 g/mol. The molecule has 10 heteroatoms. The molecule has 1 fully saturated rings. The van der Waals surface area contributed by atoms with Gasteiger partial charge in [-0.05, 0) is 42.2 Å². The first-order valence-electron chi connectivity index (χ1n) is 9.81. The third-order valence-corrected chi connectivity index (χ3v) is 5.43. The Morgan fingerprint density at radius 1 is 1.45 bits per heavy atom. The van der Waals surface area contributed by atoms with Gasteiger partial charge >= 0.3 is 0 Å². The summed E-state index contributed by atoms with van der Waals surface area (Å²) in [4.78, 5) is 12.0. The maximum atomic E-state index is 15.1. The summed E-state index contributed by atoms with van der Waals surface area (Å²) in [5.41, 5.74) is 2.83. The van der Waals surface area contributed by atoms with E-state index in [4.69, 9.17) is 9.84 Å². The molecule has 160 valence electrons. The van der Waals surface area contributed by atoms with Crippen molar-refractivity contribution in [2.75, 3.05) is 18.5 Å². The zero-order chi connectivity index (χ0) is 21.7. The number of carbonyl (C=O) groups excluding carboxylic acids is 1. The third kappa shape index (κ3) is 3.28. The van der Waals surface area contributed by atoms with Gasteiger partial charge in [0.1, 0.15) is 18.3 Å². The Morgan fingerprint density at radius 2 is 2.26 bits per heavy atom. The van der Waals surface area contributed by atoms with Crippen molar-refractivity contribution in [1.29, 1.82) is 0 Å². The zero-order valence-electron chi connectivity index (χ0n) is 16.5. The molecule has 0 spiro atoms. The van der Waals surface area contributed by atoms with E-state index < -0.39 is 17.9 Å². The number of aromatic amines is 1. The summed E-state index contributed by atoms with van der Waals surface area (Å²) in [5, 5.41) is 23.4. The number of ether oxygens (including phenoxy) is 1. The molecule has 3 heterocycles. The second-order valence-corrected chi connectivity index (χ2v) is 7.54. The number of hydrogen-bond acceptors (Lipinski definition) is 5. The van der Waals surface area contributed by atoms with Crippen LogP contribution in [-0.2, 0) is 4.79 Å². The number of nitrogens with one attached hydrogen (secondary N) is 2. The van der Waals surface area contributed by atoms with Crippen LogP contribution < -0.4 is 10.1 Å². The van der Waals surface area contributed by atoms with Crippen LogP contribution in [0.2, 0.25) is 0 Å². The van der Waals surface area contributed by atoms with Gasteiger partial charge in [-0.3, -0.25) is 9.89 Å². The minimum atomic E-state index is -1.08. The van der Waals surface area contributed by atoms with Crippen molar-refractivity contribution < 1.29 is 23.4 Å². The number of aliphatic hydroxyl groups excluding tert-OH is 1.